The fourth-order valence-electron chi connectivity index (χ4n) is 2.71. The highest BCUT2D eigenvalue weighted by molar-refractivity contribution is 14.0. The number of nitrogens with one attached hydrogen (secondary N) is 2. The number of furan rings is 1. The number of esters is 1. The number of rotatable bonds is 9. The smallest absolute Gasteiger partial charge is 0.341 e. The topological polar surface area (TPSA) is 94.3 Å². The van der Waals surface area contributed by atoms with E-state index in [2.05, 4.69) is 15.6 Å². The molecule has 2 N–H and O–H groups in total. The van der Waals surface area contributed by atoms with Gasteiger partial charge in [0, 0.05) is 26.8 Å². The van der Waals surface area contributed by atoms with Gasteiger partial charge >= 0.3 is 5.97 Å². The van der Waals surface area contributed by atoms with Crippen LogP contribution in [0.5, 0.6) is 0 Å². The predicted molar refractivity (Wildman–Crippen MR) is 113 cm³/mol. The monoisotopic (exact) mass is 495 g/mol. The first-order valence-corrected chi connectivity index (χ1v) is 8.95. The van der Waals surface area contributed by atoms with Gasteiger partial charge in [-0.05, 0) is 32.3 Å². The first-order chi connectivity index (χ1) is 12.6. The highest BCUT2D eigenvalue weighted by Gasteiger charge is 2.16. The zero-order valence-electron chi connectivity index (χ0n) is 16.2. The summed E-state index contributed by atoms with van der Waals surface area (Å²) in [5, 5.41) is 6.37. The van der Waals surface area contributed by atoms with E-state index in [4.69, 9.17) is 18.6 Å². The van der Waals surface area contributed by atoms with E-state index >= 15 is 0 Å². The number of guanidine groups is 1. The van der Waals surface area contributed by atoms with Crippen LogP contribution in [0.15, 0.2) is 15.5 Å². The molecule has 2 rings (SSSR count). The van der Waals surface area contributed by atoms with Crippen LogP contribution in [0.3, 0.4) is 0 Å². The van der Waals surface area contributed by atoms with E-state index in [9.17, 15) is 4.79 Å². The Morgan fingerprint density at radius 2 is 2.22 bits per heavy atom. The zero-order valence-corrected chi connectivity index (χ0v) is 18.5. The number of methoxy groups -OCH3 is 1. The summed E-state index contributed by atoms with van der Waals surface area (Å²) in [6.07, 6.45) is 3.37. The Balaban J connectivity index is 0.00000364. The van der Waals surface area contributed by atoms with Crippen molar-refractivity contribution in [1.29, 1.82) is 0 Å². The molecule has 0 spiro atoms. The molecule has 0 bridgehead atoms. The molecule has 0 radical (unpaired) electrons. The lowest BCUT2D eigenvalue weighted by Gasteiger charge is -2.12. The summed E-state index contributed by atoms with van der Waals surface area (Å²) in [5.74, 6) is 1.45. The molecule has 1 aromatic rings. The van der Waals surface area contributed by atoms with Gasteiger partial charge in [-0.2, -0.15) is 0 Å². The minimum Gasteiger partial charge on any atom is -0.465 e. The predicted octanol–water partition coefficient (Wildman–Crippen LogP) is 2.24. The molecular weight excluding hydrogens is 465 g/mol. The van der Waals surface area contributed by atoms with E-state index in [1.54, 1.807) is 20.0 Å². The first kappa shape index (κ1) is 23.7. The minimum absolute atomic E-state index is 0. The molecule has 1 aliphatic heterocycles. The molecule has 1 unspecified atom stereocenters. The molecule has 1 atom stereocenters. The van der Waals surface area contributed by atoms with Crippen LogP contribution in [0.25, 0.3) is 0 Å². The van der Waals surface area contributed by atoms with Crippen molar-refractivity contribution in [2.75, 3.05) is 40.5 Å². The maximum atomic E-state index is 11.6. The van der Waals surface area contributed by atoms with Crippen LogP contribution in [-0.4, -0.2) is 58.6 Å². The van der Waals surface area contributed by atoms with Gasteiger partial charge in [0.15, 0.2) is 5.96 Å². The fraction of sp³-hybridized carbons (Fsp3) is 0.667. The summed E-state index contributed by atoms with van der Waals surface area (Å²) < 4.78 is 21.4. The van der Waals surface area contributed by atoms with Gasteiger partial charge in [0.25, 0.3) is 0 Å². The van der Waals surface area contributed by atoms with Crippen LogP contribution in [0.1, 0.15) is 41.1 Å². The van der Waals surface area contributed by atoms with Gasteiger partial charge in [-0.3, -0.25) is 4.99 Å². The molecule has 0 saturated carbocycles. The van der Waals surface area contributed by atoms with Crippen LogP contribution in [0.2, 0.25) is 0 Å². The molecule has 27 heavy (non-hydrogen) atoms. The largest absolute Gasteiger partial charge is 0.465 e. The molecule has 9 heteroatoms. The maximum absolute atomic E-state index is 11.6. The molecule has 0 amide bonds. The maximum Gasteiger partial charge on any atom is 0.341 e. The number of aliphatic imine (C=N–C) groups is 1. The summed E-state index contributed by atoms with van der Waals surface area (Å²) in [4.78, 5) is 15.8. The number of ether oxygens (including phenoxy) is 3. The summed E-state index contributed by atoms with van der Waals surface area (Å²) >= 11 is 0. The van der Waals surface area contributed by atoms with Crippen molar-refractivity contribution in [3.8, 4) is 0 Å². The van der Waals surface area contributed by atoms with Gasteiger partial charge < -0.3 is 29.3 Å². The molecule has 1 fully saturated rings. The molecule has 0 aliphatic carbocycles. The van der Waals surface area contributed by atoms with Crippen molar-refractivity contribution < 1.29 is 23.4 Å². The first-order valence-electron chi connectivity index (χ1n) is 8.95. The van der Waals surface area contributed by atoms with Crippen LogP contribution < -0.4 is 10.6 Å². The second kappa shape index (κ2) is 12.9. The SMILES string of the molecule is CN=C(NCCCOCC1CCCO1)NCc1cc(C(=O)OC)c(C)o1.I. The van der Waals surface area contributed by atoms with Crippen molar-refractivity contribution in [1.82, 2.24) is 10.6 Å². The average molecular weight is 495 g/mol. The fourth-order valence-corrected chi connectivity index (χ4v) is 2.71. The van der Waals surface area contributed by atoms with Crippen LogP contribution in [-0.2, 0) is 20.8 Å². The molecule has 1 aromatic heterocycles. The lowest BCUT2D eigenvalue weighted by Crippen LogP contribution is -2.37. The van der Waals surface area contributed by atoms with Crippen LogP contribution in [0, 0.1) is 6.92 Å². The third kappa shape index (κ3) is 8.06. The van der Waals surface area contributed by atoms with Crippen molar-refractivity contribution >= 4 is 35.9 Å². The lowest BCUT2D eigenvalue weighted by atomic mass is 10.2. The number of carbonyl (C=O) groups excluding carboxylic acids is 1. The number of hydrogen-bond donors (Lipinski definition) is 2. The Morgan fingerprint density at radius 1 is 1.41 bits per heavy atom. The van der Waals surface area contributed by atoms with Gasteiger partial charge in [-0.15, -0.1) is 24.0 Å². The minimum atomic E-state index is -0.400. The Kier molecular flexibility index (Phi) is 11.4. The Labute approximate surface area is 177 Å². The third-order valence-corrected chi connectivity index (χ3v) is 4.11. The van der Waals surface area contributed by atoms with Crippen molar-refractivity contribution in [3.63, 3.8) is 0 Å². The molecular formula is C18H30IN3O5. The summed E-state index contributed by atoms with van der Waals surface area (Å²) in [6, 6.07) is 1.68. The highest BCUT2D eigenvalue weighted by atomic mass is 127. The van der Waals surface area contributed by atoms with E-state index in [0.29, 0.717) is 42.8 Å². The summed E-state index contributed by atoms with van der Waals surface area (Å²) in [7, 11) is 3.06. The van der Waals surface area contributed by atoms with Crippen molar-refractivity contribution in [2.24, 2.45) is 4.99 Å². The summed E-state index contributed by atoms with van der Waals surface area (Å²) in [6.45, 7) is 5.12. The number of hydrogen-bond acceptors (Lipinski definition) is 6. The quantitative estimate of drug-likeness (QED) is 0.179. The van der Waals surface area contributed by atoms with Gasteiger partial charge in [-0.25, -0.2) is 4.79 Å². The number of halogens is 1. The van der Waals surface area contributed by atoms with Crippen molar-refractivity contribution in [2.45, 2.75) is 38.8 Å². The Bertz CT molecular complexity index is 600. The van der Waals surface area contributed by atoms with Gasteiger partial charge in [0.05, 0.1) is 26.4 Å². The van der Waals surface area contributed by atoms with E-state index < -0.39 is 5.97 Å². The number of nitrogens with zero attached hydrogens (tertiary/aromatic N) is 1. The van der Waals surface area contributed by atoms with Crippen LogP contribution >= 0.6 is 24.0 Å². The van der Waals surface area contributed by atoms with E-state index in [1.165, 1.54) is 7.11 Å². The van der Waals surface area contributed by atoms with Gasteiger partial charge in [0.1, 0.15) is 17.1 Å². The van der Waals surface area contributed by atoms with Crippen molar-refractivity contribution in [3.05, 3.63) is 23.2 Å². The molecule has 0 aromatic carbocycles. The average Bonchev–Trinajstić information content (AvgIpc) is 3.29. The number of aryl methyl sites for hydroxylation is 1. The van der Waals surface area contributed by atoms with E-state index in [1.807, 2.05) is 0 Å². The number of carbonyl (C=O) groups is 1. The second-order valence-electron chi connectivity index (χ2n) is 6.09. The van der Waals surface area contributed by atoms with E-state index in [0.717, 1.165) is 32.4 Å². The van der Waals surface area contributed by atoms with Gasteiger partial charge in [0.2, 0.25) is 0 Å². The lowest BCUT2D eigenvalue weighted by molar-refractivity contribution is 0.0168. The van der Waals surface area contributed by atoms with E-state index in [-0.39, 0.29) is 30.1 Å². The Morgan fingerprint density at radius 3 is 2.89 bits per heavy atom. The van der Waals surface area contributed by atoms with Crippen LogP contribution in [0.4, 0.5) is 0 Å². The zero-order chi connectivity index (χ0) is 18.8. The molecule has 2 heterocycles. The Hall–Kier alpha value is -1.33. The molecule has 8 nitrogen and oxygen atoms in total. The summed E-state index contributed by atoms with van der Waals surface area (Å²) in [5.41, 5.74) is 0.440. The normalized spacial score (nSPS) is 16.7. The molecule has 1 saturated heterocycles. The highest BCUT2D eigenvalue weighted by Crippen LogP contribution is 2.15. The molecule has 154 valence electrons. The van der Waals surface area contributed by atoms with Gasteiger partial charge in [-0.1, -0.05) is 0 Å². The third-order valence-electron chi connectivity index (χ3n) is 4.11. The standard InChI is InChI=1S/C18H29N3O5.HI/c1-13-16(17(22)23-3)10-15(26-13)11-21-18(19-2)20-7-5-8-24-12-14-6-4-9-25-14;/h10,14H,4-9,11-12H2,1-3H3,(H2,19,20,21);1H. The second-order valence-corrected chi connectivity index (χ2v) is 6.09. The molecule has 1 aliphatic rings.